The minimum Gasteiger partial charge on any atom is -0.496 e. The predicted octanol–water partition coefficient (Wildman–Crippen LogP) is 4.89. The molecule has 0 saturated heterocycles. The first-order valence-electron chi connectivity index (χ1n) is 7.86. The van der Waals surface area contributed by atoms with E-state index < -0.39 is 0 Å². The molecule has 2 heterocycles. The van der Waals surface area contributed by atoms with Crippen LogP contribution >= 0.6 is 0 Å². The van der Waals surface area contributed by atoms with Gasteiger partial charge in [-0.05, 0) is 47.7 Å². The van der Waals surface area contributed by atoms with Crippen molar-refractivity contribution in [1.82, 2.24) is 4.40 Å². The summed E-state index contributed by atoms with van der Waals surface area (Å²) in [6.07, 6.45) is 2.93. The summed E-state index contributed by atoms with van der Waals surface area (Å²) in [5.41, 5.74) is 4.78. The Morgan fingerprint density at radius 2 is 1.75 bits per heavy atom. The molecule has 0 fully saturated rings. The van der Waals surface area contributed by atoms with E-state index in [-0.39, 0.29) is 0 Å². The van der Waals surface area contributed by atoms with Crippen LogP contribution in [-0.2, 0) is 0 Å². The maximum absolute atomic E-state index is 11.8. The van der Waals surface area contributed by atoms with Crippen LogP contribution in [0.3, 0.4) is 0 Å². The van der Waals surface area contributed by atoms with Crippen LogP contribution in [0.5, 0.6) is 5.75 Å². The summed E-state index contributed by atoms with van der Waals surface area (Å²) < 4.78 is 7.43. The van der Waals surface area contributed by atoms with Gasteiger partial charge in [-0.1, -0.05) is 30.3 Å². The number of hydrogen-bond acceptors (Lipinski definition) is 2. The highest BCUT2D eigenvalue weighted by Crippen LogP contribution is 2.36. The summed E-state index contributed by atoms with van der Waals surface area (Å²) in [5, 5.41) is 2.12. The maximum atomic E-state index is 11.8. The summed E-state index contributed by atoms with van der Waals surface area (Å²) in [6, 6.07) is 18.2. The smallest absolute Gasteiger partial charge is 0.167 e. The molecule has 0 amide bonds. The molecule has 0 unspecified atom stereocenters. The van der Waals surface area contributed by atoms with Gasteiger partial charge >= 0.3 is 0 Å². The number of hydrogen-bond donors (Lipinski definition) is 0. The molecule has 0 saturated carbocycles. The van der Waals surface area contributed by atoms with E-state index >= 15 is 0 Å². The molecule has 4 rings (SSSR count). The maximum Gasteiger partial charge on any atom is 0.167 e. The van der Waals surface area contributed by atoms with Crippen molar-refractivity contribution in [3.63, 3.8) is 0 Å². The van der Waals surface area contributed by atoms with Gasteiger partial charge in [0.1, 0.15) is 5.75 Å². The Bertz CT molecular complexity index is 1080. The number of nitrogens with zero attached hydrogens (tertiary/aromatic N) is 1. The molecule has 0 aliphatic rings. The highest BCUT2D eigenvalue weighted by Gasteiger charge is 2.15. The highest BCUT2D eigenvalue weighted by molar-refractivity contribution is 6.04. The molecule has 0 atom stereocenters. The van der Waals surface area contributed by atoms with E-state index in [4.69, 9.17) is 4.74 Å². The second-order valence-corrected chi connectivity index (χ2v) is 5.92. The van der Waals surface area contributed by atoms with E-state index in [0.29, 0.717) is 5.69 Å². The SMILES string of the molecule is COc1ccc(-c2cc3ccc(C)cn3c2C=O)c2ccccc12. The first-order chi connectivity index (χ1) is 11.7. The van der Waals surface area contributed by atoms with Crippen LogP contribution < -0.4 is 4.74 Å². The summed E-state index contributed by atoms with van der Waals surface area (Å²) in [6.45, 7) is 2.02. The Labute approximate surface area is 140 Å². The fraction of sp³-hybridized carbons (Fsp3) is 0.0952. The summed E-state index contributed by atoms with van der Waals surface area (Å²) in [7, 11) is 1.67. The topological polar surface area (TPSA) is 30.7 Å². The van der Waals surface area contributed by atoms with Crippen molar-refractivity contribution in [2.75, 3.05) is 7.11 Å². The monoisotopic (exact) mass is 315 g/mol. The van der Waals surface area contributed by atoms with Crippen LogP contribution in [-0.4, -0.2) is 17.8 Å². The lowest BCUT2D eigenvalue weighted by atomic mass is 9.98. The number of benzene rings is 2. The third kappa shape index (κ3) is 2.09. The third-order valence-corrected chi connectivity index (χ3v) is 4.46. The van der Waals surface area contributed by atoms with Crippen LogP contribution in [0.25, 0.3) is 27.4 Å². The lowest BCUT2D eigenvalue weighted by Gasteiger charge is -2.10. The Balaban J connectivity index is 2.08. The van der Waals surface area contributed by atoms with Crippen molar-refractivity contribution in [2.45, 2.75) is 6.92 Å². The number of fused-ring (bicyclic) bond motifs is 2. The standard InChI is InChI=1S/C21H17NO2/c1-14-7-8-15-11-19(20(13-23)22(15)12-14)17-9-10-21(24-2)18-6-4-3-5-16(17)18/h3-13H,1-2H3. The van der Waals surface area contributed by atoms with Gasteiger partial charge in [0.15, 0.2) is 6.29 Å². The number of aryl methyl sites for hydroxylation is 1. The number of aromatic nitrogens is 1. The zero-order valence-electron chi connectivity index (χ0n) is 13.6. The minimum atomic E-state index is 0.670. The molecule has 3 nitrogen and oxygen atoms in total. The molecular weight excluding hydrogens is 298 g/mol. The lowest BCUT2D eigenvalue weighted by molar-refractivity contribution is 0.111. The number of rotatable bonds is 3. The van der Waals surface area contributed by atoms with Crippen LogP contribution in [0, 0.1) is 6.92 Å². The van der Waals surface area contributed by atoms with Gasteiger partial charge in [-0.15, -0.1) is 0 Å². The van der Waals surface area contributed by atoms with Crippen molar-refractivity contribution < 1.29 is 9.53 Å². The summed E-state index contributed by atoms with van der Waals surface area (Å²) >= 11 is 0. The molecule has 0 N–H and O–H groups in total. The van der Waals surface area contributed by atoms with Gasteiger partial charge in [-0.25, -0.2) is 0 Å². The number of methoxy groups -OCH3 is 1. The van der Waals surface area contributed by atoms with Gasteiger partial charge in [0.25, 0.3) is 0 Å². The number of carbonyl (C=O) groups is 1. The molecule has 24 heavy (non-hydrogen) atoms. The molecule has 2 aromatic carbocycles. The van der Waals surface area contributed by atoms with Gasteiger partial charge in [0, 0.05) is 22.7 Å². The highest BCUT2D eigenvalue weighted by atomic mass is 16.5. The van der Waals surface area contributed by atoms with Crippen LogP contribution in [0.4, 0.5) is 0 Å². The zero-order valence-corrected chi connectivity index (χ0v) is 13.6. The van der Waals surface area contributed by atoms with Crippen molar-refractivity contribution >= 4 is 22.6 Å². The number of pyridine rings is 1. The fourth-order valence-corrected chi connectivity index (χ4v) is 3.32. The van der Waals surface area contributed by atoms with E-state index in [1.54, 1.807) is 7.11 Å². The van der Waals surface area contributed by atoms with Gasteiger partial charge < -0.3 is 9.14 Å². The number of aldehydes is 1. The zero-order chi connectivity index (χ0) is 16.7. The molecule has 0 spiro atoms. The lowest BCUT2D eigenvalue weighted by Crippen LogP contribution is -1.94. The van der Waals surface area contributed by atoms with Crippen LogP contribution in [0.1, 0.15) is 16.1 Å². The molecule has 2 aromatic heterocycles. The molecule has 0 aliphatic heterocycles. The quantitative estimate of drug-likeness (QED) is 0.504. The van der Waals surface area contributed by atoms with Gasteiger partial charge in [0.2, 0.25) is 0 Å². The minimum absolute atomic E-state index is 0.670. The van der Waals surface area contributed by atoms with E-state index in [1.807, 2.05) is 53.9 Å². The van der Waals surface area contributed by atoms with E-state index in [9.17, 15) is 4.79 Å². The fourth-order valence-electron chi connectivity index (χ4n) is 3.32. The second kappa shape index (κ2) is 5.53. The molecular formula is C21H17NO2. The molecule has 0 aliphatic carbocycles. The van der Waals surface area contributed by atoms with Gasteiger partial charge in [-0.2, -0.15) is 0 Å². The molecule has 118 valence electrons. The first-order valence-corrected chi connectivity index (χ1v) is 7.86. The van der Waals surface area contributed by atoms with Crippen LogP contribution in [0.2, 0.25) is 0 Å². The average molecular weight is 315 g/mol. The summed E-state index contributed by atoms with van der Waals surface area (Å²) in [5.74, 6) is 0.835. The predicted molar refractivity (Wildman–Crippen MR) is 97.0 cm³/mol. The molecule has 4 aromatic rings. The number of ether oxygens (including phenoxy) is 1. The van der Waals surface area contributed by atoms with Gasteiger partial charge in [0.05, 0.1) is 12.8 Å². The molecule has 0 radical (unpaired) electrons. The normalized spacial score (nSPS) is 11.1. The van der Waals surface area contributed by atoms with Crippen molar-refractivity contribution in [3.8, 4) is 16.9 Å². The Morgan fingerprint density at radius 3 is 2.50 bits per heavy atom. The largest absolute Gasteiger partial charge is 0.496 e. The van der Waals surface area contributed by atoms with Crippen LogP contribution in [0.15, 0.2) is 60.8 Å². The molecule has 0 bridgehead atoms. The molecule has 3 heteroatoms. The average Bonchev–Trinajstić information content (AvgIpc) is 2.98. The van der Waals surface area contributed by atoms with Crippen molar-refractivity contribution in [2.24, 2.45) is 0 Å². The Kier molecular flexibility index (Phi) is 3.35. The van der Waals surface area contributed by atoms with Crippen molar-refractivity contribution in [3.05, 3.63) is 72.1 Å². The third-order valence-electron chi connectivity index (χ3n) is 4.46. The Morgan fingerprint density at radius 1 is 0.958 bits per heavy atom. The Hall–Kier alpha value is -3.07. The summed E-state index contributed by atoms with van der Waals surface area (Å²) in [4.78, 5) is 11.8. The van der Waals surface area contributed by atoms with E-state index in [0.717, 1.165) is 45.0 Å². The number of carbonyl (C=O) groups excluding carboxylic acids is 1. The first kappa shape index (κ1) is 14.5. The van der Waals surface area contributed by atoms with E-state index in [1.165, 1.54) is 0 Å². The van der Waals surface area contributed by atoms with Gasteiger partial charge in [-0.3, -0.25) is 4.79 Å². The van der Waals surface area contributed by atoms with Crippen molar-refractivity contribution in [1.29, 1.82) is 0 Å². The van der Waals surface area contributed by atoms with E-state index in [2.05, 4.69) is 18.2 Å². The second-order valence-electron chi connectivity index (χ2n) is 5.92.